The van der Waals surface area contributed by atoms with Crippen molar-refractivity contribution in [3.05, 3.63) is 104 Å². The highest BCUT2D eigenvalue weighted by Crippen LogP contribution is 2.38. The Morgan fingerprint density at radius 1 is 0.588 bits per heavy atom. The van der Waals surface area contributed by atoms with Crippen LogP contribution in [0.15, 0.2) is 36.4 Å². The first-order valence-electron chi connectivity index (χ1n) is 24.3. The third-order valence-electron chi connectivity index (χ3n) is 12.8. The third kappa shape index (κ3) is 11.8. The number of aryl methyl sites for hydroxylation is 2. The van der Waals surface area contributed by atoms with Crippen molar-refractivity contribution in [3.63, 3.8) is 0 Å². The summed E-state index contributed by atoms with van der Waals surface area (Å²) in [6.07, 6.45) is 19.0. The maximum absolute atomic E-state index is 12.8. The number of carbonyl (C=O) groups is 6. The number of carboxylic acids is 2. The fourth-order valence-corrected chi connectivity index (χ4v) is 9.34. The summed E-state index contributed by atoms with van der Waals surface area (Å²) >= 11 is 0. The second-order valence-electron chi connectivity index (χ2n) is 17.9. The Labute approximate surface area is 397 Å². The number of nitrogens with one attached hydrogen (secondary N) is 4. The zero-order chi connectivity index (χ0) is 48.2. The Balaban J connectivity index is 0.000000201. The van der Waals surface area contributed by atoms with Gasteiger partial charge in [0.15, 0.2) is 11.6 Å². The molecular weight excluding hydrogens is 857 g/mol. The number of aromatic amines is 2. The Kier molecular flexibility index (Phi) is 16.5. The molecule has 0 saturated heterocycles. The van der Waals surface area contributed by atoms with E-state index in [4.69, 9.17) is 0 Å². The van der Waals surface area contributed by atoms with Crippen molar-refractivity contribution >= 4 is 70.0 Å². The number of ketones is 2. The van der Waals surface area contributed by atoms with Crippen LogP contribution < -0.4 is 10.6 Å². The molecule has 2 amide bonds. The van der Waals surface area contributed by atoms with E-state index in [0.29, 0.717) is 69.0 Å². The van der Waals surface area contributed by atoms with Gasteiger partial charge < -0.3 is 30.8 Å². The highest BCUT2D eigenvalue weighted by Gasteiger charge is 2.31. The number of carbonyl (C=O) groups excluding carboxylic acids is 4. The molecule has 6 N–H and O–H groups in total. The fraction of sp³-hybridized carbons (Fsp3) is 0.393. The van der Waals surface area contributed by atoms with E-state index in [2.05, 4.69) is 58.1 Å². The van der Waals surface area contributed by atoms with E-state index in [1.807, 2.05) is 36.4 Å². The quantitative estimate of drug-likeness (QED) is 0.0362. The lowest BCUT2D eigenvalue weighted by atomic mass is 9.91. The van der Waals surface area contributed by atoms with Gasteiger partial charge in [-0.3, -0.25) is 28.8 Å². The number of amides is 2. The van der Waals surface area contributed by atoms with E-state index in [0.717, 1.165) is 85.0 Å². The lowest BCUT2D eigenvalue weighted by Gasteiger charge is -2.11. The third-order valence-corrected chi connectivity index (χ3v) is 12.8. The van der Waals surface area contributed by atoms with Gasteiger partial charge in [-0.25, -0.2) is 0 Å². The van der Waals surface area contributed by atoms with Crippen molar-refractivity contribution in [2.24, 2.45) is 0 Å². The lowest BCUT2D eigenvalue weighted by Crippen LogP contribution is -2.11. The van der Waals surface area contributed by atoms with E-state index in [9.17, 15) is 39.0 Å². The number of H-pyrrole nitrogens is 2. The normalized spacial score (nSPS) is 15.5. The molecule has 2 aromatic heterocycles. The number of Topliss-reactive ketones (excluding diaryl/α,β-unsaturated/α-hetero) is 2. The number of carboxylic acid groups (broad SMARTS) is 2. The zero-order valence-electron chi connectivity index (χ0n) is 39.1. The molecule has 0 bridgehead atoms. The van der Waals surface area contributed by atoms with E-state index in [1.54, 1.807) is 12.2 Å². The van der Waals surface area contributed by atoms with Crippen LogP contribution in [0.3, 0.4) is 0 Å². The number of aromatic nitrogens is 2. The molecular formula is C56H60N4O8. The molecule has 68 heavy (non-hydrogen) atoms. The van der Waals surface area contributed by atoms with Gasteiger partial charge in [-0.05, 0) is 98.9 Å². The zero-order valence-corrected chi connectivity index (χ0v) is 39.1. The van der Waals surface area contributed by atoms with Crippen LogP contribution in [-0.2, 0) is 44.9 Å². The molecule has 0 spiro atoms. The highest BCUT2D eigenvalue weighted by atomic mass is 16.4. The summed E-state index contributed by atoms with van der Waals surface area (Å²) in [6, 6.07) is 11.4. The van der Waals surface area contributed by atoms with E-state index < -0.39 is 11.9 Å². The number of aliphatic carboxylic acids is 2. The van der Waals surface area contributed by atoms with Crippen LogP contribution in [0.25, 0.3) is 23.3 Å². The number of fused-ring (bicyclic) bond motifs is 4. The van der Waals surface area contributed by atoms with E-state index in [1.165, 1.54) is 38.5 Å². The number of unbranched alkanes of at least 4 members (excludes halogenated alkanes) is 8. The molecule has 0 unspecified atom stereocenters. The smallest absolute Gasteiger partial charge is 0.303 e. The molecule has 2 aliphatic heterocycles. The van der Waals surface area contributed by atoms with E-state index in [-0.39, 0.29) is 49.1 Å². The highest BCUT2D eigenvalue weighted by molar-refractivity contribution is 6.35. The Morgan fingerprint density at radius 2 is 1.01 bits per heavy atom. The first kappa shape index (κ1) is 48.7. The summed E-state index contributed by atoms with van der Waals surface area (Å²) in [5, 5.41) is 24.2. The number of rotatable bonds is 16. The van der Waals surface area contributed by atoms with Gasteiger partial charge in [0, 0.05) is 94.7 Å². The van der Waals surface area contributed by atoms with Gasteiger partial charge >= 0.3 is 11.9 Å². The average Bonchev–Trinajstić information content (AvgIpc) is 4.04. The molecule has 0 atom stereocenters. The topological polar surface area (TPSA) is 199 Å². The van der Waals surface area contributed by atoms with Crippen molar-refractivity contribution in [3.8, 4) is 23.7 Å². The molecule has 2 aromatic carbocycles. The van der Waals surface area contributed by atoms with Gasteiger partial charge in [-0.2, -0.15) is 0 Å². The molecule has 12 heteroatoms. The molecule has 0 saturated carbocycles. The summed E-state index contributed by atoms with van der Waals surface area (Å²) in [4.78, 5) is 79.8. The van der Waals surface area contributed by atoms with E-state index >= 15 is 0 Å². The maximum Gasteiger partial charge on any atom is 0.303 e. The molecule has 4 aromatic rings. The van der Waals surface area contributed by atoms with Crippen molar-refractivity contribution in [1.82, 2.24) is 9.97 Å². The summed E-state index contributed by atoms with van der Waals surface area (Å²) in [5.74, 6) is 10.6. The minimum atomic E-state index is -0.917. The van der Waals surface area contributed by atoms with Crippen LogP contribution in [-0.4, -0.2) is 55.5 Å². The van der Waals surface area contributed by atoms with Crippen LogP contribution >= 0.6 is 0 Å². The molecule has 12 nitrogen and oxygen atoms in total. The van der Waals surface area contributed by atoms with Crippen LogP contribution in [0.2, 0.25) is 0 Å². The number of hydrogen-bond acceptors (Lipinski definition) is 6. The minimum absolute atomic E-state index is 0.0386. The Morgan fingerprint density at radius 3 is 1.41 bits per heavy atom. The second-order valence-corrected chi connectivity index (χ2v) is 17.9. The van der Waals surface area contributed by atoms with Crippen molar-refractivity contribution in [1.29, 1.82) is 0 Å². The standard InChI is InChI=1S/2C28H30N2O4/c2*1-2-3-4-5-6-7-9-18-12-13-19-21(28(34)30-23(19)16-18)17-24-20(14-15-26(32)33)27-22(29-24)10-8-11-25(27)31/h2*12-13,16-17,29H,2-6,8,10-11,14-15H2,1H3,(H,30,34)(H,32,33)/b2*21-17-. The number of hydrogen-bond donors (Lipinski definition) is 6. The Hall–Kier alpha value is -7.18. The predicted molar refractivity (Wildman–Crippen MR) is 265 cm³/mol. The largest absolute Gasteiger partial charge is 0.481 e. The molecule has 2 aliphatic carbocycles. The van der Waals surface area contributed by atoms with Gasteiger partial charge in [0.05, 0.1) is 22.5 Å². The fourth-order valence-electron chi connectivity index (χ4n) is 9.34. The van der Waals surface area contributed by atoms with Crippen LogP contribution in [0, 0.1) is 23.7 Å². The summed E-state index contributed by atoms with van der Waals surface area (Å²) in [7, 11) is 0. The summed E-state index contributed by atoms with van der Waals surface area (Å²) in [5.41, 5.74) is 11.3. The van der Waals surface area contributed by atoms with Gasteiger partial charge in [-0.1, -0.05) is 88.2 Å². The molecule has 0 fully saturated rings. The molecule has 4 aliphatic rings. The van der Waals surface area contributed by atoms with Crippen LogP contribution in [0.1, 0.15) is 193 Å². The SMILES string of the molecule is CCCCCCC#Cc1ccc2c(c1)NC(=O)/C2=C\c1[nH]c2c(c1CCC(=O)O)C(=O)CCC2.CCCCCCC#Cc1ccc2c(c1)NC(=O)/C2=C\c1[nH]c2c(c1CCC(=O)O)C(=O)CCC2. The minimum Gasteiger partial charge on any atom is -0.481 e. The second kappa shape index (κ2) is 23.0. The summed E-state index contributed by atoms with van der Waals surface area (Å²) < 4.78 is 0. The first-order chi connectivity index (χ1) is 32.9. The van der Waals surface area contributed by atoms with Gasteiger partial charge in [-0.15, -0.1) is 0 Å². The molecule has 0 radical (unpaired) electrons. The molecule has 4 heterocycles. The number of benzene rings is 2. The Bertz CT molecular complexity index is 2640. The van der Waals surface area contributed by atoms with Crippen LogP contribution in [0.4, 0.5) is 11.4 Å². The first-order valence-corrected chi connectivity index (χ1v) is 24.3. The van der Waals surface area contributed by atoms with Crippen LogP contribution in [0.5, 0.6) is 0 Å². The van der Waals surface area contributed by atoms with Crippen molar-refractivity contribution < 1.29 is 39.0 Å². The number of anilines is 2. The van der Waals surface area contributed by atoms with Gasteiger partial charge in [0.25, 0.3) is 11.8 Å². The van der Waals surface area contributed by atoms with Crippen molar-refractivity contribution in [2.75, 3.05) is 10.6 Å². The summed E-state index contributed by atoms with van der Waals surface area (Å²) in [6.45, 7) is 4.38. The van der Waals surface area contributed by atoms with Crippen molar-refractivity contribution in [2.45, 2.75) is 142 Å². The molecule has 352 valence electrons. The molecule has 8 rings (SSSR count). The average molecular weight is 917 g/mol. The predicted octanol–water partition coefficient (Wildman–Crippen LogP) is 10.7. The maximum atomic E-state index is 12.8. The van der Waals surface area contributed by atoms with Gasteiger partial charge in [0.2, 0.25) is 0 Å². The van der Waals surface area contributed by atoms with Gasteiger partial charge in [0.1, 0.15) is 0 Å². The monoisotopic (exact) mass is 916 g/mol. The lowest BCUT2D eigenvalue weighted by molar-refractivity contribution is -0.138.